The number of hydrogen-bond acceptors (Lipinski definition) is 4. The molecule has 0 bridgehead atoms. The first-order chi connectivity index (χ1) is 17.9. The fourth-order valence-electron chi connectivity index (χ4n) is 3.67. The molecular weight excluding hydrogens is 569 g/mol. The number of halogens is 3. The van der Waals surface area contributed by atoms with E-state index >= 15 is 0 Å². The summed E-state index contributed by atoms with van der Waals surface area (Å²) < 4.78 is 28.4. The van der Waals surface area contributed by atoms with Gasteiger partial charge in [-0.05, 0) is 80.9 Å². The van der Waals surface area contributed by atoms with Gasteiger partial charge in [-0.2, -0.15) is 0 Å². The van der Waals surface area contributed by atoms with E-state index in [1.165, 1.54) is 35.2 Å². The van der Waals surface area contributed by atoms with Crippen molar-refractivity contribution in [2.45, 2.75) is 44.3 Å². The molecule has 38 heavy (non-hydrogen) atoms. The molecule has 0 aliphatic carbocycles. The monoisotopic (exact) mass is 595 g/mol. The summed E-state index contributed by atoms with van der Waals surface area (Å²) in [6, 6.07) is 17.7. The van der Waals surface area contributed by atoms with Crippen LogP contribution in [0.1, 0.15) is 26.3 Å². The maximum absolute atomic E-state index is 13.8. The Morgan fingerprint density at radius 1 is 0.842 bits per heavy atom. The molecule has 2 amide bonds. The van der Waals surface area contributed by atoms with Crippen LogP contribution in [-0.2, 0) is 26.2 Å². The van der Waals surface area contributed by atoms with Crippen molar-refractivity contribution < 1.29 is 18.0 Å². The van der Waals surface area contributed by atoms with E-state index < -0.39 is 28.5 Å². The van der Waals surface area contributed by atoms with Gasteiger partial charge >= 0.3 is 0 Å². The number of nitrogens with zero attached hydrogens (tertiary/aromatic N) is 2. The zero-order valence-corrected chi connectivity index (χ0v) is 24.2. The molecule has 3 aromatic rings. The lowest BCUT2D eigenvalue weighted by Gasteiger charge is -2.32. The van der Waals surface area contributed by atoms with Gasteiger partial charge in [0.1, 0.15) is 12.6 Å². The van der Waals surface area contributed by atoms with Crippen LogP contribution in [-0.4, -0.2) is 43.8 Å². The Kier molecular flexibility index (Phi) is 10.1. The third kappa shape index (κ3) is 7.63. The molecule has 0 aliphatic rings. The largest absolute Gasteiger partial charge is 0.352 e. The highest BCUT2D eigenvalue weighted by Crippen LogP contribution is 2.27. The fourth-order valence-corrected chi connectivity index (χ4v) is 5.51. The zero-order valence-electron chi connectivity index (χ0n) is 21.1. The van der Waals surface area contributed by atoms with Crippen molar-refractivity contribution >= 4 is 62.3 Å². The van der Waals surface area contributed by atoms with E-state index in [0.29, 0.717) is 15.1 Å². The third-order valence-corrected chi connectivity index (χ3v) is 8.17. The molecule has 3 aromatic carbocycles. The van der Waals surface area contributed by atoms with Crippen molar-refractivity contribution in [2.75, 3.05) is 10.8 Å². The number of carbonyl (C=O) groups excluding carboxylic acids is 2. The lowest BCUT2D eigenvalue weighted by Crippen LogP contribution is -2.52. The summed E-state index contributed by atoms with van der Waals surface area (Å²) in [5, 5.41) is 4.01. The molecule has 202 valence electrons. The molecule has 0 fully saturated rings. The fraction of sp³-hybridized carbons (Fsp3) is 0.259. The summed E-state index contributed by atoms with van der Waals surface area (Å²) >= 11 is 18.1. The van der Waals surface area contributed by atoms with Gasteiger partial charge in [-0.15, -0.1) is 0 Å². The van der Waals surface area contributed by atoms with Crippen molar-refractivity contribution in [3.63, 3.8) is 0 Å². The van der Waals surface area contributed by atoms with Gasteiger partial charge in [0, 0.05) is 27.7 Å². The van der Waals surface area contributed by atoms with E-state index in [4.69, 9.17) is 34.8 Å². The van der Waals surface area contributed by atoms with E-state index in [9.17, 15) is 18.0 Å². The Bertz CT molecular complexity index is 1380. The lowest BCUT2D eigenvalue weighted by molar-refractivity contribution is -0.139. The summed E-state index contributed by atoms with van der Waals surface area (Å²) in [4.78, 5) is 28.0. The van der Waals surface area contributed by atoms with Crippen LogP contribution in [0.3, 0.4) is 0 Å². The highest BCUT2D eigenvalue weighted by molar-refractivity contribution is 7.92. The topological polar surface area (TPSA) is 86.8 Å². The summed E-state index contributed by atoms with van der Waals surface area (Å²) in [5.74, 6) is -0.943. The van der Waals surface area contributed by atoms with Gasteiger partial charge in [0.15, 0.2) is 0 Å². The molecule has 0 heterocycles. The molecule has 0 saturated carbocycles. The van der Waals surface area contributed by atoms with Crippen molar-refractivity contribution in [1.29, 1.82) is 0 Å². The van der Waals surface area contributed by atoms with Gasteiger partial charge in [-0.25, -0.2) is 8.42 Å². The second kappa shape index (κ2) is 12.8. The molecular formula is C27H28Cl3N3O4S. The second-order valence-corrected chi connectivity index (χ2v) is 12.1. The molecule has 0 unspecified atom stereocenters. The molecule has 7 nitrogen and oxygen atoms in total. The van der Waals surface area contributed by atoms with Gasteiger partial charge in [-0.3, -0.25) is 13.9 Å². The predicted molar refractivity (Wildman–Crippen MR) is 152 cm³/mol. The Morgan fingerprint density at radius 3 is 1.97 bits per heavy atom. The number of sulfonamides is 1. The first kappa shape index (κ1) is 29.8. The molecule has 1 atom stereocenters. The Morgan fingerprint density at radius 2 is 1.42 bits per heavy atom. The van der Waals surface area contributed by atoms with Crippen LogP contribution in [0.25, 0.3) is 0 Å². The number of nitrogens with one attached hydrogen (secondary N) is 1. The first-order valence-electron chi connectivity index (χ1n) is 11.8. The maximum Gasteiger partial charge on any atom is 0.264 e. The SMILES string of the molecule is CC(C)NC(=O)[C@H](C)N(Cc1ccc(Cl)cc1)C(=O)CN(c1cccc(Cl)c1)S(=O)(=O)c1ccc(Cl)cc1. The summed E-state index contributed by atoms with van der Waals surface area (Å²) in [6.45, 7) is 4.72. The van der Waals surface area contributed by atoms with E-state index in [1.807, 2.05) is 13.8 Å². The van der Waals surface area contributed by atoms with Crippen molar-refractivity contribution in [2.24, 2.45) is 0 Å². The zero-order chi connectivity index (χ0) is 28.0. The van der Waals surface area contributed by atoms with Crippen LogP contribution >= 0.6 is 34.8 Å². The molecule has 11 heteroatoms. The lowest BCUT2D eigenvalue weighted by atomic mass is 10.1. The van der Waals surface area contributed by atoms with Crippen LogP contribution in [0.15, 0.2) is 77.7 Å². The molecule has 3 rings (SSSR count). The molecule has 0 spiro atoms. The molecule has 0 radical (unpaired) electrons. The number of carbonyl (C=O) groups is 2. The van der Waals surface area contributed by atoms with Crippen molar-refractivity contribution in [1.82, 2.24) is 10.2 Å². The first-order valence-corrected chi connectivity index (χ1v) is 14.3. The van der Waals surface area contributed by atoms with Gasteiger partial charge < -0.3 is 10.2 Å². The number of hydrogen-bond donors (Lipinski definition) is 1. The predicted octanol–water partition coefficient (Wildman–Crippen LogP) is 5.78. The Balaban J connectivity index is 2.03. The van der Waals surface area contributed by atoms with Crippen molar-refractivity contribution in [3.05, 3.63) is 93.4 Å². The Hall–Kier alpha value is -2.78. The highest BCUT2D eigenvalue weighted by Gasteiger charge is 2.32. The number of benzene rings is 3. The van der Waals surface area contributed by atoms with Gasteiger partial charge in [0.05, 0.1) is 10.6 Å². The smallest absolute Gasteiger partial charge is 0.264 e. The van der Waals surface area contributed by atoms with Crippen LogP contribution in [0.2, 0.25) is 15.1 Å². The second-order valence-electron chi connectivity index (χ2n) is 8.93. The van der Waals surface area contributed by atoms with Crippen LogP contribution in [0.4, 0.5) is 5.69 Å². The number of rotatable bonds is 10. The van der Waals surface area contributed by atoms with Gasteiger partial charge in [0.25, 0.3) is 10.0 Å². The van der Waals surface area contributed by atoms with Crippen LogP contribution < -0.4 is 9.62 Å². The van der Waals surface area contributed by atoms with Crippen LogP contribution in [0.5, 0.6) is 0 Å². The molecule has 0 saturated heterocycles. The molecule has 0 aromatic heterocycles. The quantitative estimate of drug-likeness (QED) is 0.321. The van der Waals surface area contributed by atoms with Crippen molar-refractivity contribution in [3.8, 4) is 0 Å². The van der Waals surface area contributed by atoms with E-state index in [1.54, 1.807) is 49.4 Å². The third-order valence-electron chi connectivity index (χ3n) is 5.64. The molecule has 1 N–H and O–H groups in total. The maximum atomic E-state index is 13.8. The summed E-state index contributed by atoms with van der Waals surface area (Å²) in [7, 11) is -4.21. The van der Waals surface area contributed by atoms with E-state index in [2.05, 4.69) is 5.32 Å². The standard InChI is InChI=1S/C27H28Cl3N3O4S/c1-18(2)31-27(35)19(3)32(16-20-7-9-21(28)10-8-20)26(34)17-33(24-6-4-5-23(30)15-24)38(36,37)25-13-11-22(29)12-14-25/h4-15,18-19H,16-17H2,1-3H3,(H,31,35)/t19-/m0/s1. The van der Waals surface area contributed by atoms with Gasteiger partial charge in [0.2, 0.25) is 11.8 Å². The number of amides is 2. The minimum absolute atomic E-state index is 0.0514. The van der Waals surface area contributed by atoms with Gasteiger partial charge in [-0.1, -0.05) is 53.0 Å². The molecule has 0 aliphatic heterocycles. The van der Waals surface area contributed by atoms with E-state index in [-0.39, 0.29) is 29.1 Å². The Labute approximate surface area is 238 Å². The average Bonchev–Trinajstić information content (AvgIpc) is 2.86. The number of anilines is 1. The van der Waals surface area contributed by atoms with Crippen LogP contribution in [0, 0.1) is 0 Å². The highest BCUT2D eigenvalue weighted by atomic mass is 35.5. The average molecular weight is 597 g/mol. The summed E-state index contributed by atoms with van der Waals surface area (Å²) in [5.41, 5.74) is 0.924. The summed E-state index contributed by atoms with van der Waals surface area (Å²) in [6.07, 6.45) is 0. The minimum atomic E-state index is -4.21. The van der Waals surface area contributed by atoms with E-state index in [0.717, 1.165) is 9.87 Å². The normalized spacial score (nSPS) is 12.2. The minimum Gasteiger partial charge on any atom is -0.352 e.